The van der Waals surface area contributed by atoms with Gasteiger partial charge in [-0.25, -0.2) is 0 Å². The van der Waals surface area contributed by atoms with E-state index < -0.39 is 11.8 Å². The minimum Gasteiger partial charge on any atom is -0.345 e. The summed E-state index contributed by atoms with van der Waals surface area (Å²) in [5.41, 5.74) is 5.50. The van der Waals surface area contributed by atoms with E-state index in [2.05, 4.69) is 10.6 Å². The summed E-state index contributed by atoms with van der Waals surface area (Å²) in [5.74, 6) is -1.15. The summed E-state index contributed by atoms with van der Waals surface area (Å²) >= 11 is 0. The van der Waals surface area contributed by atoms with Crippen LogP contribution in [-0.2, 0) is 0 Å². The van der Waals surface area contributed by atoms with Crippen molar-refractivity contribution in [2.24, 2.45) is 0 Å². The van der Waals surface area contributed by atoms with Crippen LogP contribution in [0.5, 0.6) is 0 Å². The van der Waals surface area contributed by atoms with Crippen LogP contribution in [0.3, 0.4) is 0 Å². The van der Waals surface area contributed by atoms with Crippen molar-refractivity contribution < 1.29 is 19.2 Å². The second kappa shape index (κ2) is 10.7. The number of carbonyl (C=O) groups is 4. The first-order valence-electron chi connectivity index (χ1n) is 11.0. The Balaban J connectivity index is 1.55. The van der Waals surface area contributed by atoms with E-state index in [1.807, 2.05) is 64.1 Å². The Morgan fingerprint density at radius 3 is 1.26 bits per heavy atom. The van der Waals surface area contributed by atoms with Gasteiger partial charge in [-0.1, -0.05) is 35.4 Å². The van der Waals surface area contributed by atoms with Crippen LogP contribution in [0.25, 0.3) is 0 Å². The van der Waals surface area contributed by atoms with Gasteiger partial charge >= 0.3 is 0 Å². The highest BCUT2D eigenvalue weighted by atomic mass is 16.2. The van der Waals surface area contributed by atoms with Crippen molar-refractivity contribution >= 4 is 23.4 Å². The molecule has 0 spiro atoms. The van der Waals surface area contributed by atoms with Crippen molar-refractivity contribution in [3.8, 4) is 0 Å². The molecule has 3 rings (SSSR count). The number of hydrogen-bond donors (Lipinski definition) is 2. The summed E-state index contributed by atoms with van der Waals surface area (Å²) in [6.07, 6.45) is 0. The molecule has 3 aromatic carbocycles. The molecule has 6 heteroatoms. The average molecular weight is 457 g/mol. The lowest BCUT2D eigenvalue weighted by Crippen LogP contribution is -2.31. The summed E-state index contributed by atoms with van der Waals surface area (Å²) in [6, 6.07) is 17.3. The standard InChI is InChI=1S/C28H28N2O4/c1-17-5-7-19(3)23(13-17)25(31)15-29-27(33)21-9-11-22(12-10-21)28(34)30-16-26(32)24-14-18(2)6-8-20(24)4/h5-14H,15-16H2,1-4H3,(H,29,33)(H,30,34). The normalized spacial score (nSPS) is 10.5. The Kier molecular flexibility index (Phi) is 7.74. The SMILES string of the molecule is Cc1ccc(C)c(C(=O)CNC(=O)c2ccc(C(=O)NCC(=O)c3cc(C)ccc3C)cc2)c1. The van der Waals surface area contributed by atoms with Crippen LogP contribution in [0.4, 0.5) is 0 Å². The summed E-state index contributed by atoms with van der Waals surface area (Å²) in [6.45, 7) is 7.29. The van der Waals surface area contributed by atoms with E-state index in [4.69, 9.17) is 0 Å². The Bertz CT molecular complexity index is 1160. The third-order valence-corrected chi connectivity index (χ3v) is 5.62. The van der Waals surface area contributed by atoms with E-state index >= 15 is 0 Å². The number of Topliss-reactive ketones (excluding diaryl/α,β-unsaturated/α-hetero) is 2. The molecule has 0 fully saturated rings. The van der Waals surface area contributed by atoms with Gasteiger partial charge in [0.15, 0.2) is 11.6 Å². The molecule has 0 heterocycles. The molecular weight excluding hydrogens is 428 g/mol. The van der Waals surface area contributed by atoms with Crippen molar-refractivity contribution in [1.82, 2.24) is 10.6 Å². The molecule has 0 aromatic heterocycles. The molecule has 2 N–H and O–H groups in total. The highest BCUT2D eigenvalue weighted by Crippen LogP contribution is 2.13. The Morgan fingerprint density at radius 2 is 0.912 bits per heavy atom. The quantitative estimate of drug-likeness (QED) is 0.498. The lowest BCUT2D eigenvalue weighted by atomic mass is 10.0. The molecule has 34 heavy (non-hydrogen) atoms. The lowest BCUT2D eigenvalue weighted by molar-refractivity contribution is 0.0901. The molecule has 0 radical (unpaired) electrons. The van der Waals surface area contributed by atoms with Gasteiger partial charge in [-0.05, 0) is 75.2 Å². The van der Waals surface area contributed by atoms with Gasteiger partial charge in [0.2, 0.25) is 0 Å². The molecule has 6 nitrogen and oxygen atoms in total. The first-order chi connectivity index (χ1) is 16.2. The highest BCUT2D eigenvalue weighted by Gasteiger charge is 2.15. The average Bonchev–Trinajstić information content (AvgIpc) is 2.83. The fraction of sp³-hybridized carbons (Fsp3) is 0.214. The maximum absolute atomic E-state index is 12.5. The van der Waals surface area contributed by atoms with Crippen LogP contribution < -0.4 is 10.6 Å². The molecule has 174 valence electrons. The van der Waals surface area contributed by atoms with Gasteiger partial charge < -0.3 is 10.6 Å². The number of rotatable bonds is 8. The molecule has 0 saturated carbocycles. The second-order valence-electron chi connectivity index (χ2n) is 8.43. The van der Waals surface area contributed by atoms with Crippen molar-refractivity contribution in [1.29, 1.82) is 0 Å². The predicted molar refractivity (Wildman–Crippen MR) is 132 cm³/mol. The van der Waals surface area contributed by atoms with Crippen LogP contribution >= 0.6 is 0 Å². The third-order valence-electron chi connectivity index (χ3n) is 5.62. The van der Waals surface area contributed by atoms with E-state index in [1.165, 1.54) is 24.3 Å². The van der Waals surface area contributed by atoms with Crippen molar-refractivity contribution in [3.05, 3.63) is 105 Å². The van der Waals surface area contributed by atoms with Crippen LogP contribution in [0.1, 0.15) is 63.7 Å². The van der Waals surface area contributed by atoms with E-state index in [9.17, 15) is 19.2 Å². The van der Waals surface area contributed by atoms with Gasteiger partial charge in [-0.15, -0.1) is 0 Å². The van der Waals surface area contributed by atoms with E-state index in [0.29, 0.717) is 22.3 Å². The van der Waals surface area contributed by atoms with Crippen LogP contribution in [0, 0.1) is 27.7 Å². The highest BCUT2D eigenvalue weighted by molar-refractivity contribution is 6.04. The summed E-state index contributed by atoms with van der Waals surface area (Å²) in [5, 5.41) is 5.25. The Labute approximate surface area is 199 Å². The van der Waals surface area contributed by atoms with Crippen LogP contribution in [0.2, 0.25) is 0 Å². The number of nitrogens with one attached hydrogen (secondary N) is 2. The molecule has 0 aliphatic carbocycles. The molecular formula is C28H28N2O4. The van der Waals surface area contributed by atoms with E-state index in [-0.39, 0.29) is 24.7 Å². The molecule has 0 unspecified atom stereocenters. The molecule has 0 aliphatic rings. The number of benzene rings is 3. The monoisotopic (exact) mass is 456 g/mol. The van der Waals surface area contributed by atoms with Crippen LogP contribution in [-0.4, -0.2) is 36.5 Å². The van der Waals surface area contributed by atoms with Gasteiger partial charge in [0.1, 0.15) is 0 Å². The Hall–Kier alpha value is -4.06. The molecule has 0 saturated heterocycles. The van der Waals surface area contributed by atoms with Crippen molar-refractivity contribution in [2.45, 2.75) is 27.7 Å². The number of hydrogen-bond acceptors (Lipinski definition) is 4. The fourth-order valence-corrected chi connectivity index (χ4v) is 3.56. The largest absolute Gasteiger partial charge is 0.345 e. The minimum absolute atomic E-state index is 0.119. The topological polar surface area (TPSA) is 92.3 Å². The molecule has 0 atom stereocenters. The lowest BCUT2D eigenvalue weighted by Gasteiger charge is -2.09. The Morgan fingerprint density at radius 1 is 0.559 bits per heavy atom. The van der Waals surface area contributed by atoms with Gasteiger partial charge in [-0.3, -0.25) is 19.2 Å². The first-order valence-corrected chi connectivity index (χ1v) is 11.0. The first kappa shape index (κ1) is 24.6. The maximum Gasteiger partial charge on any atom is 0.251 e. The van der Waals surface area contributed by atoms with Crippen molar-refractivity contribution in [2.75, 3.05) is 13.1 Å². The molecule has 0 bridgehead atoms. The van der Waals surface area contributed by atoms with Gasteiger partial charge in [0.25, 0.3) is 11.8 Å². The zero-order chi connectivity index (χ0) is 24.8. The zero-order valence-electron chi connectivity index (χ0n) is 19.8. The van der Waals surface area contributed by atoms with Crippen molar-refractivity contribution in [3.63, 3.8) is 0 Å². The number of amides is 2. The van der Waals surface area contributed by atoms with Gasteiger partial charge in [0, 0.05) is 22.3 Å². The summed E-state index contributed by atoms with van der Waals surface area (Å²) < 4.78 is 0. The predicted octanol–water partition coefficient (Wildman–Crippen LogP) is 4.15. The smallest absolute Gasteiger partial charge is 0.251 e. The molecule has 2 amide bonds. The molecule has 0 aliphatic heterocycles. The number of ketones is 2. The fourth-order valence-electron chi connectivity index (χ4n) is 3.56. The van der Waals surface area contributed by atoms with Gasteiger partial charge in [0.05, 0.1) is 13.1 Å². The summed E-state index contributed by atoms with van der Waals surface area (Å²) in [7, 11) is 0. The van der Waals surface area contributed by atoms with Crippen LogP contribution in [0.15, 0.2) is 60.7 Å². The van der Waals surface area contributed by atoms with E-state index in [1.54, 1.807) is 0 Å². The number of carbonyl (C=O) groups excluding carboxylic acids is 4. The zero-order valence-corrected chi connectivity index (χ0v) is 19.8. The molecule has 3 aromatic rings. The minimum atomic E-state index is -0.407. The van der Waals surface area contributed by atoms with E-state index in [0.717, 1.165) is 22.3 Å². The van der Waals surface area contributed by atoms with Gasteiger partial charge in [-0.2, -0.15) is 0 Å². The number of aryl methyl sites for hydroxylation is 4. The third kappa shape index (κ3) is 6.04. The second-order valence-corrected chi connectivity index (χ2v) is 8.43. The summed E-state index contributed by atoms with van der Waals surface area (Å²) in [4.78, 5) is 49.8. The maximum atomic E-state index is 12.5.